The van der Waals surface area contributed by atoms with Crippen LogP contribution in [0, 0.1) is 5.92 Å². The van der Waals surface area contributed by atoms with E-state index in [1.807, 2.05) is 6.92 Å². The number of hydrogen-bond acceptors (Lipinski definition) is 4. The van der Waals surface area contributed by atoms with E-state index in [1.165, 1.54) is 0 Å². The molecule has 0 radical (unpaired) electrons. The number of aliphatic hydroxyl groups excluding tert-OH is 1. The highest BCUT2D eigenvalue weighted by Gasteiger charge is 2.17. The van der Waals surface area contributed by atoms with Gasteiger partial charge < -0.3 is 20.5 Å². The van der Waals surface area contributed by atoms with Crippen molar-refractivity contribution in [2.45, 2.75) is 19.4 Å². The summed E-state index contributed by atoms with van der Waals surface area (Å²) in [5.74, 6) is 0.100. The van der Waals surface area contributed by atoms with E-state index in [1.54, 1.807) is 0 Å². The van der Waals surface area contributed by atoms with Crippen LogP contribution in [0.4, 0.5) is 0 Å². The maximum absolute atomic E-state index is 11.4. The molecule has 0 aliphatic carbocycles. The van der Waals surface area contributed by atoms with Gasteiger partial charge in [-0.25, -0.2) is 0 Å². The van der Waals surface area contributed by atoms with Crippen molar-refractivity contribution in [2.75, 3.05) is 32.8 Å². The van der Waals surface area contributed by atoms with Crippen LogP contribution in [0.5, 0.6) is 0 Å². The van der Waals surface area contributed by atoms with Gasteiger partial charge in [-0.15, -0.1) is 0 Å². The van der Waals surface area contributed by atoms with E-state index in [-0.39, 0.29) is 24.5 Å². The predicted octanol–water partition coefficient (Wildman–Crippen LogP) is -0.890. The van der Waals surface area contributed by atoms with Crippen LogP contribution in [0.15, 0.2) is 0 Å². The number of carbonyl (C=O) groups excluding carboxylic acids is 1. The topological polar surface area (TPSA) is 70.6 Å². The molecule has 0 aromatic heterocycles. The molecule has 1 rings (SSSR count). The first-order chi connectivity index (χ1) is 7.22. The third kappa shape index (κ3) is 5.11. The zero-order valence-electron chi connectivity index (χ0n) is 9.16. The fourth-order valence-corrected chi connectivity index (χ4v) is 1.38. The van der Waals surface area contributed by atoms with Crippen LogP contribution >= 0.6 is 0 Å². The van der Waals surface area contributed by atoms with E-state index in [0.29, 0.717) is 19.6 Å². The number of nitrogens with one attached hydrogen (secondary N) is 2. The molecule has 5 heteroatoms. The zero-order chi connectivity index (χ0) is 11.1. The average Bonchev–Trinajstić information content (AvgIpc) is 2.27. The van der Waals surface area contributed by atoms with Gasteiger partial charge in [0.15, 0.2) is 0 Å². The molecule has 5 nitrogen and oxygen atoms in total. The Morgan fingerprint density at radius 3 is 3.13 bits per heavy atom. The molecular formula is C10H20N2O3. The Morgan fingerprint density at radius 1 is 1.73 bits per heavy atom. The maximum atomic E-state index is 11.4. The van der Waals surface area contributed by atoms with Crippen LogP contribution in [0.1, 0.15) is 13.3 Å². The Bertz CT molecular complexity index is 193. The summed E-state index contributed by atoms with van der Waals surface area (Å²) in [4.78, 5) is 11.4. The van der Waals surface area contributed by atoms with Crippen LogP contribution in [-0.4, -0.2) is 50.0 Å². The lowest BCUT2D eigenvalue weighted by Crippen LogP contribution is -2.42. The van der Waals surface area contributed by atoms with Crippen molar-refractivity contribution in [3.05, 3.63) is 0 Å². The van der Waals surface area contributed by atoms with Gasteiger partial charge in [-0.2, -0.15) is 0 Å². The van der Waals surface area contributed by atoms with Crippen molar-refractivity contribution in [1.29, 1.82) is 0 Å². The highest BCUT2D eigenvalue weighted by Crippen LogP contribution is 2.01. The molecule has 1 amide bonds. The lowest BCUT2D eigenvalue weighted by atomic mass is 10.2. The summed E-state index contributed by atoms with van der Waals surface area (Å²) in [5.41, 5.74) is 0. The Labute approximate surface area is 90.2 Å². The smallest absolute Gasteiger partial charge is 0.222 e. The maximum Gasteiger partial charge on any atom is 0.222 e. The number of hydrogen-bond donors (Lipinski definition) is 3. The van der Waals surface area contributed by atoms with Crippen molar-refractivity contribution < 1.29 is 14.6 Å². The second-order valence-corrected chi connectivity index (χ2v) is 3.99. The summed E-state index contributed by atoms with van der Waals surface area (Å²) in [6.45, 7) is 4.78. The molecule has 15 heavy (non-hydrogen) atoms. The molecule has 0 spiro atoms. The van der Waals surface area contributed by atoms with Crippen molar-refractivity contribution >= 4 is 5.91 Å². The van der Waals surface area contributed by atoms with Crippen LogP contribution < -0.4 is 10.6 Å². The first-order valence-corrected chi connectivity index (χ1v) is 5.42. The Hall–Kier alpha value is -0.650. The van der Waals surface area contributed by atoms with E-state index in [4.69, 9.17) is 9.84 Å². The number of aliphatic hydroxyl groups is 1. The summed E-state index contributed by atoms with van der Waals surface area (Å²) in [7, 11) is 0. The zero-order valence-corrected chi connectivity index (χ0v) is 9.16. The molecule has 2 atom stereocenters. The minimum atomic E-state index is -0.0109. The molecule has 0 saturated carbocycles. The van der Waals surface area contributed by atoms with Gasteiger partial charge in [0.2, 0.25) is 5.91 Å². The van der Waals surface area contributed by atoms with Gasteiger partial charge in [-0.3, -0.25) is 4.79 Å². The van der Waals surface area contributed by atoms with Gasteiger partial charge in [-0.05, 0) is 5.92 Å². The Morgan fingerprint density at radius 2 is 2.53 bits per heavy atom. The van der Waals surface area contributed by atoms with Crippen molar-refractivity contribution in [3.63, 3.8) is 0 Å². The highest BCUT2D eigenvalue weighted by atomic mass is 16.5. The molecule has 1 heterocycles. The summed E-state index contributed by atoms with van der Waals surface area (Å²) in [6, 6.07) is 0. The molecule has 0 bridgehead atoms. The fourth-order valence-electron chi connectivity index (χ4n) is 1.38. The molecule has 3 N–H and O–H groups in total. The predicted molar refractivity (Wildman–Crippen MR) is 56.5 cm³/mol. The molecule has 0 aromatic rings. The van der Waals surface area contributed by atoms with Gasteiger partial charge in [0, 0.05) is 26.2 Å². The lowest BCUT2D eigenvalue weighted by molar-refractivity contribution is -0.124. The lowest BCUT2D eigenvalue weighted by Gasteiger charge is -2.23. The van der Waals surface area contributed by atoms with Crippen LogP contribution in [-0.2, 0) is 9.53 Å². The number of carbonyl (C=O) groups is 1. The van der Waals surface area contributed by atoms with Crippen molar-refractivity contribution in [3.8, 4) is 0 Å². The number of rotatable bonds is 5. The minimum Gasteiger partial charge on any atom is -0.396 e. The monoisotopic (exact) mass is 216 g/mol. The Balaban J connectivity index is 2.11. The first kappa shape index (κ1) is 12.4. The largest absolute Gasteiger partial charge is 0.396 e. The van der Waals surface area contributed by atoms with E-state index in [9.17, 15) is 4.79 Å². The van der Waals surface area contributed by atoms with E-state index >= 15 is 0 Å². The molecule has 1 aliphatic heterocycles. The Kier molecular flexibility index (Phi) is 5.60. The van der Waals surface area contributed by atoms with E-state index in [2.05, 4.69) is 10.6 Å². The van der Waals surface area contributed by atoms with Crippen molar-refractivity contribution in [1.82, 2.24) is 10.6 Å². The van der Waals surface area contributed by atoms with Crippen molar-refractivity contribution in [2.24, 2.45) is 5.92 Å². The van der Waals surface area contributed by atoms with Gasteiger partial charge in [-0.1, -0.05) is 6.92 Å². The van der Waals surface area contributed by atoms with E-state index in [0.717, 1.165) is 13.1 Å². The fraction of sp³-hybridized carbons (Fsp3) is 0.900. The molecule has 1 fully saturated rings. The van der Waals surface area contributed by atoms with Gasteiger partial charge in [0.05, 0.1) is 19.1 Å². The average molecular weight is 216 g/mol. The third-order valence-corrected chi connectivity index (χ3v) is 2.38. The van der Waals surface area contributed by atoms with Crippen LogP contribution in [0.25, 0.3) is 0 Å². The molecule has 88 valence electrons. The number of ether oxygens (including phenoxy) is 1. The molecular weight excluding hydrogens is 196 g/mol. The molecule has 1 saturated heterocycles. The highest BCUT2D eigenvalue weighted by molar-refractivity contribution is 5.76. The molecule has 1 aliphatic rings. The minimum absolute atomic E-state index is 0.0102. The summed E-state index contributed by atoms with van der Waals surface area (Å²) >= 11 is 0. The number of amides is 1. The van der Waals surface area contributed by atoms with Crippen LogP contribution in [0.2, 0.25) is 0 Å². The second-order valence-electron chi connectivity index (χ2n) is 3.99. The van der Waals surface area contributed by atoms with Gasteiger partial charge >= 0.3 is 0 Å². The van der Waals surface area contributed by atoms with Gasteiger partial charge in [0.1, 0.15) is 0 Å². The number of morpholine rings is 1. The molecule has 0 aromatic carbocycles. The SMILES string of the molecule is CC(CO)CNC(=O)CC1CNCCO1. The summed E-state index contributed by atoms with van der Waals surface area (Å²) < 4.78 is 5.41. The normalized spacial score (nSPS) is 23.5. The van der Waals surface area contributed by atoms with Gasteiger partial charge in [0.25, 0.3) is 0 Å². The first-order valence-electron chi connectivity index (χ1n) is 5.42. The molecule has 2 unspecified atom stereocenters. The van der Waals surface area contributed by atoms with Crippen LogP contribution in [0.3, 0.4) is 0 Å². The summed E-state index contributed by atoms with van der Waals surface area (Å²) in [5, 5.41) is 14.7. The second kappa shape index (κ2) is 6.76. The standard InChI is InChI=1S/C10H20N2O3/c1-8(7-13)5-12-10(14)4-9-6-11-2-3-15-9/h8-9,11,13H,2-7H2,1H3,(H,12,14). The third-order valence-electron chi connectivity index (χ3n) is 2.38. The quantitative estimate of drug-likeness (QED) is 0.557. The van der Waals surface area contributed by atoms with E-state index < -0.39 is 0 Å². The summed E-state index contributed by atoms with van der Waals surface area (Å²) in [6.07, 6.45) is 0.383.